The molecule has 3 N–H and O–H groups in total. The van der Waals surface area contributed by atoms with E-state index in [1.54, 1.807) is 6.26 Å². The molecule has 0 aliphatic heterocycles. The molecule has 0 amide bonds. The van der Waals surface area contributed by atoms with Gasteiger partial charge in [0.2, 0.25) is 0 Å². The first-order valence-corrected chi connectivity index (χ1v) is 22.3. The number of carbonyl (C=O) groups excluding carboxylic acids is 1. The summed E-state index contributed by atoms with van der Waals surface area (Å²) in [4.78, 5) is 22.2. The molecule has 0 aromatic heterocycles. The number of nitrogens with two attached hydrogens (primary N) is 1. The zero-order chi connectivity index (χ0) is 39.5. The molecular weight excluding hydrogens is 697 g/mol. The van der Waals surface area contributed by atoms with Crippen molar-refractivity contribution in [2.45, 2.75) is 155 Å². The third-order valence-electron chi connectivity index (χ3n) is 8.09. The van der Waals surface area contributed by atoms with Gasteiger partial charge in [0.25, 0.3) is 0 Å². The molecule has 0 aromatic carbocycles. The van der Waals surface area contributed by atoms with Gasteiger partial charge in [-0.1, -0.05) is 144 Å². The zero-order valence-corrected chi connectivity index (χ0v) is 34.8. The Balaban J connectivity index is 4.26. The third-order valence-corrected chi connectivity index (χ3v) is 9.07. The van der Waals surface area contributed by atoms with E-state index in [1.165, 1.54) is 64.2 Å². The van der Waals surface area contributed by atoms with Crippen LogP contribution in [0.15, 0.2) is 97.4 Å². The minimum Gasteiger partial charge on any atom is -0.492 e. The van der Waals surface area contributed by atoms with Crippen LogP contribution in [0.2, 0.25) is 0 Å². The van der Waals surface area contributed by atoms with Gasteiger partial charge in [-0.2, -0.15) is 0 Å². The highest BCUT2D eigenvalue weighted by Gasteiger charge is 2.24. The first-order valence-electron chi connectivity index (χ1n) is 20.8. The van der Waals surface area contributed by atoms with Crippen LogP contribution in [-0.2, 0) is 27.9 Å². The molecule has 2 atom stereocenters. The van der Waals surface area contributed by atoms with Gasteiger partial charge in [-0.05, 0) is 89.5 Å². The second kappa shape index (κ2) is 41.4. The van der Waals surface area contributed by atoms with E-state index in [1.807, 2.05) is 18.2 Å². The van der Waals surface area contributed by atoms with Crippen LogP contribution in [0.4, 0.5) is 0 Å². The highest BCUT2D eigenvalue weighted by atomic mass is 31.2. The van der Waals surface area contributed by atoms with E-state index >= 15 is 0 Å². The summed E-state index contributed by atoms with van der Waals surface area (Å²) in [5.41, 5.74) is 5.35. The summed E-state index contributed by atoms with van der Waals surface area (Å²) in [5.74, 6) is -0.378. The topological polar surface area (TPSA) is 117 Å². The van der Waals surface area contributed by atoms with Gasteiger partial charge in [-0.3, -0.25) is 13.8 Å². The van der Waals surface area contributed by atoms with E-state index in [0.717, 1.165) is 57.8 Å². The van der Waals surface area contributed by atoms with Crippen LogP contribution in [-0.4, -0.2) is 43.3 Å². The fourth-order valence-electron chi connectivity index (χ4n) is 5.00. The molecule has 1 unspecified atom stereocenters. The molecule has 0 saturated carbocycles. The molecule has 8 nitrogen and oxygen atoms in total. The van der Waals surface area contributed by atoms with Crippen molar-refractivity contribution in [3.63, 3.8) is 0 Å². The van der Waals surface area contributed by atoms with Gasteiger partial charge >= 0.3 is 13.8 Å². The number of allylic oxidation sites excluding steroid dienone is 15. The molecule has 0 heterocycles. The van der Waals surface area contributed by atoms with E-state index in [9.17, 15) is 14.3 Å². The predicted octanol–water partition coefficient (Wildman–Crippen LogP) is 12.6. The van der Waals surface area contributed by atoms with E-state index in [-0.39, 0.29) is 38.8 Å². The Morgan fingerprint density at radius 1 is 0.593 bits per heavy atom. The largest absolute Gasteiger partial charge is 0.492 e. The minimum absolute atomic E-state index is 0.0849. The Bertz CT molecular complexity index is 1140. The molecule has 54 heavy (non-hydrogen) atoms. The molecule has 0 aliphatic carbocycles. The summed E-state index contributed by atoms with van der Waals surface area (Å²) in [6.45, 7) is 3.97. The summed E-state index contributed by atoms with van der Waals surface area (Å²) in [5, 5.41) is 0. The van der Waals surface area contributed by atoms with Crippen molar-refractivity contribution >= 4 is 13.8 Å². The van der Waals surface area contributed by atoms with Crippen molar-refractivity contribution in [2.24, 2.45) is 5.73 Å². The molecule has 0 aromatic rings. The number of unbranched alkanes of at least 4 members (excludes halogenated alkanes) is 11. The third kappa shape index (κ3) is 40.4. The van der Waals surface area contributed by atoms with E-state index in [2.05, 4.69) is 86.8 Å². The van der Waals surface area contributed by atoms with Crippen molar-refractivity contribution < 1.29 is 32.8 Å². The predicted molar refractivity (Wildman–Crippen MR) is 228 cm³/mol. The number of rotatable bonds is 38. The number of esters is 1. The lowest BCUT2D eigenvalue weighted by Gasteiger charge is -2.19. The SMILES string of the molecule is CCC=CCC=CCC=CCC=CCC=CCC=CCCC(=O)OC[C@H](COP(=O)(O)OCCN)OC=CCCCCCCCCC=CCCCCCC. The van der Waals surface area contributed by atoms with Gasteiger partial charge in [-0.25, -0.2) is 4.57 Å². The van der Waals surface area contributed by atoms with Crippen LogP contribution in [0.3, 0.4) is 0 Å². The maximum Gasteiger partial charge on any atom is 0.472 e. The van der Waals surface area contributed by atoms with E-state index in [0.29, 0.717) is 6.42 Å². The van der Waals surface area contributed by atoms with Gasteiger partial charge in [0.05, 0.1) is 19.5 Å². The van der Waals surface area contributed by atoms with Crippen molar-refractivity contribution in [3.05, 3.63) is 97.4 Å². The molecular formula is C45H76NO7P. The highest BCUT2D eigenvalue weighted by molar-refractivity contribution is 7.47. The molecule has 0 spiro atoms. The van der Waals surface area contributed by atoms with Crippen LogP contribution in [0.5, 0.6) is 0 Å². The summed E-state index contributed by atoms with van der Waals surface area (Å²) in [6.07, 6.45) is 55.4. The molecule has 0 aliphatic rings. The number of hydrogen-bond donors (Lipinski definition) is 2. The lowest BCUT2D eigenvalue weighted by molar-refractivity contribution is -0.147. The quantitative estimate of drug-likeness (QED) is 0.0209. The van der Waals surface area contributed by atoms with Gasteiger partial charge in [0.1, 0.15) is 6.61 Å². The smallest absolute Gasteiger partial charge is 0.472 e. The fraction of sp³-hybridized carbons (Fsp3) is 0.622. The Hall–Kier alpha value is -2.74. The summed E-state index contributed by atoms with van der Waals surface area (Å²) in [6, 6.07) is 0. The number of ether oxygens (including phenoxy) is 2. The van der Waals surface area contributed by atoms with Gasteiger partial charge in [0, 0.05) is 13.0 Å². The summed E-state index contributed by atoms with van der Waals surface area (Å²) >= 11 is 0. The lowest BCUT2D eigenvalue weighted by Crippen LogP contribution is -2.25. The number of phosphoric acid groups is 1. The average Bonchev–Trinajstić information content (AvgIpc) is 3.16. The average molecular weight is 774 g/mol. The van der Waals surface area contributed by atoms with Crippen molar-refractivity contribution in [2.75, 3.05) is 26.4 Å². The van der Waals surface area contributed by atoms with Crippen LogP contribution < -0.4 is 5.73 Å². The van der Waals surface area contributed by atoms with Crippen LogP contribution >= 0.6 is 7.82 Å². The second-order valence-electron chi connectivity index (χ2n) is 13.2. The molecule has 308 valence electrons. The van der Waals surface area contributed by atoms with Crippen LogP contribution in [0.25, 0.3) is 0 Å². The standard InChI is InChI=1S/C45H76NO7P/c1-3-5-7-9-11-13-15-17-19-21-22-23-24-26-28-30-32-34-36-38-45(47)51-42-44(43-53-54(48,49)52-41-39-46)50-40-37-35-33-31-29-27-25-20-18-16-14-12-10-8-6-4-2/h5,7,11,13-14,16-17,19,22-23,26,28,32,34,37,40,44H,3-4,6,8-10,12,15,18,20-21,24-25,27,29-31,33,35-36,38-39,41-43,46H2,1-2H3,(H,48,49)/t44-/m1/s1. The summed E-state index contributed by atoms with van der Waals surface area (Å²) in [7, 11) is -4.29. The Labute approximate surface area is 330 Å². The molecule has 9 heteroatoms. The Morgan fingerprint density at radius 3 is 1.57 bits per heavy atom. The van der Waals surface area contributed by atoms with E-state index < -0.39 is 13.9 Å². The molecule has 0 bridgehead atoms. The van der Waals surface area contributed by atoms with Crippen molar-refractivity contribution in [1.82, 2.24) is 0 Å². The first kappa shape index (κ1) is 51.3. The Kier molecular flexibility index (Phi) is 39.3. The van der Waals surface area contributed by atoms with Gasteiger partial charge in [0.15, 0.2) is 6.10 Å². The Morgan fingerprint density at radius 2 is 1.06 bits per heavy atom. The first-order chi connectivity index (χ1) is 26.4. The van der Waals surface area contributed by atoms with E-state index in [4.69, 9.17) is 24.3 Å². The maximum atomic E-state index is 12.4. The monoisotopic (exact) mass is 774 g/mol. The zero-order valence-electron chi connectivity index (χ0n) is 33.9. The number of carbonyl (C=O) groups is 1. The van der Waals surface area contributed by atoms with Crippen molar-refractivity contribution in [3.8, 4) is 0 Å². The van der Waals surface area contributed by atoms with Crippen molar-refractivity contribution in [1.29, 1.82) is 0 Å². The molecule has 0 radical (unpaired) electrons. The normalized spacial score (nSPS) is 14.4. The minimum atomic E-state index is -4.29. The van der Waals surface area contributed by atoms with Gasteiger partial charge in [-0.15, -0.1) is 0 Å². The molecule has 0 rings (SSSR count). The molecule has 0 saturated heterocycles. The lowest BCUT2D eigenvalue weighted by atomic mass is 10.1. The maximum absolute atomic E-state index is 12.4. The number of hydrogen-bond acceptors (Lipinski definition) is 7. The summed E-state index contributed by atoms with van der Waals surface area (Å²) < 4.78 is 33.1. The molecule has 0 fully saturated rings. The van der Waals surface area contributed by atoms with Gasteiger partial charge < -0.3 is 20.1 Å². The highest BCUT2D eigenvalue weighted by Crippen LogP contribution is 2.43. The van der Waals surface area contributed by atoms with Crippen LogP contribution in [0.1, 0.15) is 149 Å². The fourth-order valence-corrected chi connectivity index (χ4v) is 5.76. The van der Waals surface area contributed by atoms with Crippen LogP contribution in [0, 0.1) is 0 Å². The number of phosphoric ester groups is 1. The second-order valence-corrected chi connectivity index (χ2v) is 14.6.